The summed E-state index contributed by atoms with van der Waals surface area (Å²) in [6, 6.07) is 5.14. The van der Waals surface area contributed by atoms with Crippen LogP contribution in [0.25, 0.3) is 0 Å². The Labute approximate surface area is 129 Å². The Morgan fingerprint density at radius 1 is 1.18 bits per heavy atom. The van der Waals surface area contributed by atoms with E-state index in [-0.39, 0.29) is 18.1 Å². The fourth-order valence-electron chi connectivity index (χ4n) is 1.92. The number of amides is 1. The number of carboxylic acid groups (broad SMARTS) is 1. The number of carboxylic acids is 1. The number of hydrazone groups is 1. The Hall–Kier alpha value is -2.37. The second-order valence-electron chi connectivity index (χ2n) is 5.16. The van der Waals surface area contributed by atoms with Crippen molar-refractivity contribution in [2.24, 2.45) is 5.10 Å². The van der Waals surface area contributed by atoms with Crippen molar-refractivity contribution in [2.45, 2.75) is 45.4 Å². The molecule has 0 aliphatic carbocycles. The van der Waals surface area contributed by atoms with Gasteiger partial charge in [0.25, 0.3) is 0 Å². The molecular formula is C16H22N2O4. The van der Waals surface area contributed by atoms with E-state index in [1.165, 1.54) is 6.21 Å². The van der Waals surface area contributed by atoms with Gasteiger partial charge in [-0.1, -0.05) is 24.5 Å². The van der Waals surface area contributed by atoms with E-state index in [1.54, 1.807) is 18.2 Å². The molecule has 0 heterocycles. The van der Waals surface area contributed by atoms with Gasteiger partial charge in [0, 0.05) is 18.4 Å². The summed E-state index contributed by atoms with van der Waals surface area (Å²) in [6.45, 7) is 1.90. The number of unbranched alkanes of at least 4 members (excludes halogenated alkanes) is 3. The molecule has 0 saturated carbocycles. The predicted octanol–water partition coefficient (Wildman–Crippen LogP) is 2.58. The van der Waals surface area contributed by atoms with Gasteiger partial charge in [-0.3, -0.25) is 9.59 Å². The molecular weight excluding hydrogens is 284 g/mol. The van der Waals surface area contributed by atoms with Gasteiger partial charge in [0.05, 0.1) is 6.21 Å². The summed E-state index contributed by atoms with van der Waals surface area (Å²) in [6.07, 6.45) is 4.91. The van der Waals surface area contributed by atoms with E-state index in [1.807, 2.05) is 6.92 Å². The van der Waals surface area contributed by atoms with Crippen LogP contribution in [-0.4, -0.2) is 28.3 Å². The molecule has 1 amide bonds. The summed E-state index contributed by atoms with van der Waals surface area (Å²) in [7, 11) is 0. The lowest BCUT2D eigenvalue weighted by Crippen LogP contribution is -2.16. The number of aliphatic carboxylic acids is 1. The molecule has 6 heteroatoms. The van der Waals surface area contributed by atoms with E-state index in [0.717, 1.165) is 18.4 Å². The predicted molar refractivity (Wildman–Crippen MR) is 83.9 cm³/mol. The van der Waals surface area contributed by atoms with Gasteiger partial charge in [0.2, 0.25) is 5.91 Å². The van der Waals surface area contributed by atoms with E-state index >= 15 is 0 Å². The fraction of sp³-hybridized carbons (Fsp3) is 0.438. The standard InChI is InChI=1S/C16H22N2O4/c1-12-8-9-14(19)13(10-12)11-17-18-15(20)6-4-2-3-5-7-16(21)22/h8-11,19H,2-7H2,1H3,(H,18,20)(H,21,22)/b17-11+. The number of benzene rings is 1. The first-order valence-electron chi connectivity index (χ1n) is 7.32. The Morgan fingerprint density at radius 2 is 1.86 bits per heavy atom. The highest BCUT2D eigenvalue weighted by molar-refractivity contribution is 5.85. The van der Waals surface area contributed by atoms with Gasteiger partial charge in [0.15, 0.2) is 0 Å². The van der Waals surface area contributed by atoms with Crippen LogP contribution in [0, 0.1) is 6.92 Å². The van der Waals surface area contributed by atoms with Crippen LogP contribution in [0.2, 0.25) is 0 Å². The zero-order chi connectivity index (χ0) is 16.4. The average Bonchev–Trinajstić information content (AvgIpc) is 2.46. The summed E-state index contributed by atoms with van der Waals surface area (Å²) >= 11 is 0. The molecule has 1 aromatic carbocycles. The molecule has 0 saturated heterocycles. The zero-order valence-corrected chi connectivity index (χ0v) is 12.7. The SMILES string of the molecule is Cc1ccc(O)c(/C=N/NC(=O)CCCCCCC(=O)O)c1. The highest BCUT2D eigenvalue weighted by atomic mass is 16.4. The largest absolute Gasteiger partial charge is 0.507 e. The van der Waals surface area contributed by atoms with Crippen LogP contribution in [0.4, 0.5) is 0 Å². The summed E-state index contributed by atoms with van der Waals surface area (Å²) in [4.78, 5) is 21.9. The van der Waals surface area contributed by atoms with Crippen LogP contribution < -0.4 is 5.43 Å². The molecule has 0 fully saturated rings. The summed E-state index contributed by atoms with van der Waals surface area (Å²) in [5.74, 6) is -0.866. The number of phenols is 1. The average molecular weight is 306 g/mol. The summed E-state index contributed by atoms with van der Waals surface area (Å²) in [5.41, 5.74) is 3.95. The van der Waals surface area contributed by atoms with Crippen LogP contribution >= 0.6 is 0 Å². The molecule has 0 unspecified atom stereocenters. The van der Waals surface area contributed by atoms with Gasteiger partial charge < -0.3 is 10.2 Å². The van der Waals surface area contributed by atoms with Gasteiger partial charge >= 0.3 is 5.97 Å². The molecule has 0 aliphatic rings. The van der Waals surface area contributed by atoms with Crippen molar-refractivity contribution in [3.05, 3.63) is 29.3 Å². The van der Waals surface area contributed by atoms with Gasteiger partial charge in [-0.2, -0.15) is 5.10 Å². The number of nitrogens with zero attached hydrogens (tertiary/aromatic N) is 1. The lowest BCUT2D eigenvalue weighted by Gasteiger charge is -2.02. The number of rotatable bonds is 9. The first-order valence-corrected chi connectivity index (χ1v) is 7.32. The van der Waals surface area contributed by atoms with E-state index in [9.17, 15) is 14.7 Å². The summed E-state index contributed by atoms with van der Waals surface area (Å²) < 4.78 is 0. The third-order valence-electron chi connectivity index (χ3n) is 3.12. The number of nitrogens with one attached hydrogen (secondary N) is 1. The first-order chi connectivity index (χ1) is 10.5. The monoisotopic (exact) mass is 306 g/mol. The number of aryl methyl sites for hydroxylation is 1. The molecule has 120 valence electrons. The zero-order valence-electron chi connectivity index (χ0n) is 12.7. The maximum Gasteiger partial charge on any atom is 0.303 e. The Kier molecular flexibility index (Phi) is 7.67. The minimum absolute atomic E-state index is 0.113. The van der Waals surface area contributed by atoms with E-state index < -0.39 is 5.97 Å². The maximum absolute atomic E-state index is 11.5. The normalized spacial score (nSPS) is 10.8. The number of aromatic hydroxyl groups is 1. The Balaban J connectivity index is 2.21. The second kappa shape index (κ2) is 9.55. The minimum atomic E-state index is -0.786. The van der Waals surface area contributed by atoms with Crippen LogP contribution in [0.3, 0.4) is 0 Å². The molecule has 22 heavy (non-hydrogen) atoms. The van der Waals surface area contributed by atoms with Crippen molar-refractivity contribution in [3.8, 4) is 5.75 Å². The molecule has 0 aromatic heterocycles. The van der Waals surface area contributed by atoms with Gasteiger partial charge in [0.1, 0.15) is 5.75 Å². The molecule has 0 aliphatic heterocycles. The number of carbonyl (C=O) groups excluding carboxylic acids is 1. The van der Waals surface area contributed by atoms with E-state index in [4.69, 9.17) is 5.11 Å². The molecule has 0 radical (unpaired) electrons. The quantitative estimate of drug-likeness (QED) is 0.371. The highest BCUT2D eigenvalue weighted by Crippen LogP contribution is 2.15. The molecule has 1 aromatic rings. The highest BCUT2D eigenvalue weighted by Gasteiger charge is 2.01. The molecule has 6 nitrogen and oxygen atoms in total. The number of phenolic OH excluding ortho intramolecular Hbond substituents is 1. The molecule has 3 N–H and O–H groups in total. The number of hydrogen-bond donors (Lipinski definition) is 3. The van der Waals surface area contributed by atoms with Crippen LogP contribution in [-0.2, 0) is 9.59 Å². The van der Waals surface area contributed by atoms with Crippen LogP contribution in [0.15, 0.2) is 23.3 Å². The second-order valence-corrected chi connectivity index (χ2v) is 5.16. The Bertz CT molecular complexity index is 541. The smallest absolute Gasteiger partial charge is 0.303 e. The Morgan fingerprint density at radius 3 is 2.55 bits per heavy atom. The lowest BCUT2D eigenvalue weighted by atomic mass is 10.1. The molecule has 0 atom stereocenters. The van der Waals surface area contributed by atoms with Crippen molar-refractivity contribution in [3.63, 3.8) is 0 Å². The minimum Gasteiger partial charge on any atom is -0.507 e. The van der Waals surface area contributed by atoms with Crippen LogP contribution in [0.5, 0.6) is 5.75 Å². The summed E-state index contributed by atoms with van der Waals surface area (Å²) in [5, 5.41) is 21.9. The maximum atomic E-state index is 11.5. The van der Waals surface area contributed by atoms with E-state index in [0.29, 0.717) is 24.8 Å². The molecule has 0 bridgehead atoms. The van der Waals surface area contributed by atoms with E-state index in [2.05, 4.69) is 10.5 Å². The van der Waals surface area contributed by atoms with Gasteiger partial charge in [-0.15, -0.1) is 0 Å². The fourth-order valence-corrected chi connectivity index (χ4v) is 1.92. The van der Waals surface area contributed by atoms with Gasteiger partial charge in [-0.05, 0) is 31.9 Å². The van der Waals surface area contributed by atoms with Crippen molar-refractivity contribution in [1.29, 1.82) is 0 Å². The third-order valence-corrected chi connectivity index (χ3v) is 3.12. The molecule has 1 rings (SSSR count). The number of carbonyl (C=O) groups is 2. The lowest BCUT2D eigenvalue weighted by molar-refractivity contribution is -0.137. The first kappa shape index (κ1) is 17.7. The van der Waals surface area contributed by atoms with Crippen molar-refractivity contribution >= 4 is 18.1 Å². The van der Waals surface area contributed by atoms with Crippen molar-refractivity contribution in [2.75, 3.05) is 0 Å². The van der Waals surface area contributed by atoms with Crippen molar-refractivity contribution in [1.82, 2.24) is 5.43 Å². The number of hydrogen-bond acceptors (Lipinski definition) is 4. The van der Waals surface area contributed by atoms with Crippen molar-refractivity contribution < 1.29 is 19.8 Å². The van der Waals surface area contributed by atoms with Crippen LogP contribution in [0.1, 0.15) is 49.7 Å². The molecule has 0 spiro atoms. The third kappa shape index (κ3) is 7.42. The topological polar surface area (TPSA) is 99.0 Å². The van der Waals surface area contributed by atoms with Gasteiger partial charge in [-0.25, -0.2) is 5.43 Å².